The Labute approximate surface area is 357 Å². The van der Waals surface area contributed by atoms with Crippen LogP contribution in [0, 0.1) is 0 Å². The van der Waals surface area contributed by atoms with E-state index in [4.69, 9.17) is 19.4 Å². The Hall–Kier alpha value is -8.41. The maximum absolute atomic E-state index is 6.99. The van der Waals surface area contributed by atoms with Gasteiger partial charge in [-0.1, -0.05) is 176 Å². The van der Waals surface area contributed by atoms with E-state index in [1.165, 1.54) is 21.9 Å². The molecule has 0 radical (unpaired) electrons. The minimum atomic E-state index is 0.578. The summed E-state index contributed by atoms with van der Waals surface area (Å²) < 4.78 is 9.42. The van der Waals surface area contributed by atoms with Gasteiger partial charge in [-0.25, -0.2) is 15.0 Å². The molecule has 0 amide bonds. The van der Waals surface area contributed by atoms with Gasteiger partial charge < -0.3 is 8.98 Å². The van der Waals surface area contributed by atoms with E-state index in [-0.39, 0.29) is 0 Å². The molecule has 62 heavy (non-hydrogen) atoms. The lowest BCUT2D eigenvalue weighted by Gasteiger charge is -2.14. The van der Waals surface area contributed by atoms with Crippen molar-refractivity contribution in [1.82, 2.24) is 19.5 Å². The summed E-state index contributed by atoms with van der Waals surface area (Å²) in [7, 11) is 0. The lowest BCUT2D eigenvalue weighted by Crippen LogP contribution is -2.00. The van der Waals surface area contributed by atoms with Crippen molar-refractivity contribution in [2.45, 2.75) is 0 Å². The van der Waals surface area contributed by atoms with E-state index < -0.39 is 0 Å². The molecule has 0 saturated heterocycles. The van der Waals surface area contributed by atoms with Crippen molar-refractivity contribution in [3.63, 3.8) is 0 Å². The van der Waals surface area contributed by atoms with E-state index in [1.54, 1.807) is 0 Å². The van der Waals surface area contributed by atoms with Gasteiger partial charge in [0.2, 0.25) is 0 Å². The van der Waals surface area contributed by atoms with Crippen molar-refractivity contribution in [2.24, 2.45) is 0 Å². The molecule has 12 rings (SSSR count). The van der Waals surface area contributed by atoms with Crippen molar-refractivity contribution in [2.75, 3.05) is 0 Å². The molecule has 0 aliphatic rings. The molecule has 5 heteroatoms. The third-order valence-corrected chi connectivity index (χ3v) is 11.8. The third-order valence-electron chi connectivity index (χ3n) is 11.8. The molecule has 0 aliphatic carbocycles. The van der Waals surface area contributed by atoms with Gasteiger partial charge in [0.25, 0.3) is 0 Å². The van der Waals surface area contributed by atoms with Crippen LogP contribution in [0.1, 0.15) is 0 Å². The highest BCUT2D eigenvalue weighted by atomic mass is 16.3. The van der Waals surface area contributed by atoms with Gasteiger partial charge in [0.15, 0.2) is 17.5 Å². The molecule has 0 aliphatic heterocycles. The Balaban J connectivity index is 1.11. The highest BCUT2D eigenvalue weighted by Crippen LogP contribution is 2.43. The highest BCUT2D eigenvalue weighted by Gasteiger charge is 2.22. The number of aromatic nitrogens is 4. The lowest BCUT2D eigenvalue weighted by atomic mass is 9.97. The summed E-state index contributed by atoms with van der Waals surface area (Å²) in [5.41, 5.74) is 14.4. The Morgan fingerprint density at radius 3 is 1.40 bits per heavy atom. The van der Waals surface area contributed by atoms with Crippen LogP contribution >= 0.6 is 0 Å². The first-order valence-corrected chi connectivity index (χ1v) is 20.8. The third kappa shape index (κ3) is 6.14. The fourth-order valence-corrected chi connectivity index (χ4v) is 8.85. The van der Waals surface area contributed by atoms with E-state index >= 15 is 0 Å². The molecule has 0 spiro atoms. The van der Waals surface area contributed by atoms with E-state index in [2.05, 4.69) is 162 Å². The molecule has 290 valence electrons. The molecule has 12 aromatic rings. The zero-order chi connectivity index (χ0) is 41.0. The molecule has 0 unspecified atom stereocenters. The van der Waals surface area contributed by atoms with Crippen LogP contribution in [-0.2, 0) is 0 Å². The van der Waals surface area contributed by atoms with E-state index in [0.717, 1.165) is 77.6 Å². The second-order valence-electron chi connectivity index (χ2n) is 15.6. The van der Waals surface area contributed by atoms with Crippen molar-refractivity contribution in [3.8, 4) is 73.2 Å². The molecular weight excluding hydrogens is 757 g/mol. The largest absolute Gasteiger partial charge is 0.456 e. The number of hydrogen-bond acceptors (Lipinski definition) is 4. The van der Waals surface area contributed by atoms with E-state index in [1.807, 2.05) is 60.7 Å². The van der Waals surface area contributed by atoms with Crippen LogP contribution in [0.2, 0.25) is 0 Å². The number of benzene rings is 9. The van der Waals surface area contributed by atoms with Crippen LogP contribution in [0.3, 0.4) is 0 Å². The van der Waals surface area contributed by atoms with Crippen molar-refractivity contribution in [3.05, 3.63) is 218 Å². The molecule has 3 heterocycles. The van der Waals surface area contributed by atoms with Gasteiger partial charge in [-0.3, -0.25) is 0 Å². The van der Waals surface area contributed by atoms with Crippen LogP contribution in [0.5, 0.6) is 0 Å². The van der Waals surface area contributed by atoms with E-state index in [0.29, 0.717) is 17.5 Å². The highest BCUT2D eigenvalue weighted by molar-refractivity contribution is 6.16. The van der Waals surface area contributed by atoms with Crippen molar-refractivity contribution < 1.29 is 4.42 Å². The second kappa shape index (κ2) is 14.7. The SMILES string of the molecule is c1ccc(-c2cccc(-c3cc(-n4c5ccccc5c5ccc(-c6ccccc6)cc54)c4c(c3)oc3cc(-c5nc(-c6ccccc6)nc(-c6ccccc6)n5)ccc34)c2)cc1. The molecule has 0 atom stereocenters. The van der Waals surface area contributed by atoms with Gasteiger partial charge in [0.1, 0.15) is 11.2 Å². The number of furan rings is 1. The van der Waals surface area contributed by atoms with Crippen LogP contribution in [-0.4, -0.2) is 19.5 Å². The minimum absolute atomic E-state index is 0.578. The molecule has 0 bridgehead atoms. The molecule has 9 aromatic carbocycles. The van der Waals surface area contributed by atoms with Gasteiger partial charge in [-0.15, -0.1) is 0 Å². The number of hydrogen-bond donors (Lipinski definition) is 0. The van der Waals surface area contributed by atoms with Crippen LogP contribution in [0.4, 0.5) is 0 Å². The molecular formula is C57H36N4O. The Kier molecular flexibility index (Phi) is 8.42. The maximum Gasteiger partial charge on any atom is 0.164 e. The summed E-state index contributed by atoms with van der Waals surface area (Å²) in [5, 5.41) is 4.43. The van der Waals surface area contributed by atoms with E-state index in [9.17, 15) is 0 Å². The quantitative estimate of drug-likeness (QED) is 0.161. The second-order valence-corrected chi connectivity index (χ2v) is 15.6. The first kappa shape index (κ1) is 35.5. The van der Waals surface area contributed by atoms with Crippen LogP contribution < -0.4 is 0 Å². The molecule has 0 N–H and O–H groups in total. The number of para-hydroxylation sites is 1. The molecule has 0 saturated carbocycles. The van der Waals surface area contributed by atoms with Gasteiger partial charge in [0.05, 0.1) is 22.1 Å². The smallest absolute Gasteiger partial charge is 0.164 e. The lowest BCUT2D eigenvalue weighted by molar-refractivity contribution is 0.669. The van der Waals surface area contributed by atoms with Gasteiger partial charge in [-0.2, -0.15) is 0 Å². The fraction of sp³-hybridized carbons (Fsp3) is 0. The zero-order valence-electron chi connectivity index (χ0n) is 33.5. The normalized spacial score (nSPS) is 11.5. The Morgan fingerprint density at radius 1 is 0.290 bits per heavy atom. The van der Waals surface area contributed by atoms with Crippen molar-refractivity contribution >= 4 is 43.7 Å². The van der Waals surface area contributed by atoms with Gasteiger partial charge >= 0.3 is 0 Å². The maximum atomic E-state index is 6.99. The number of rotatable bonds is 7. The monoisotopic (exact) mass is 792 g/mol. The Morgan fingerprint density at radius 2 is 0.758 bits per heavy atom. The molecule has 3 aromatic heterocycles. The van der Waals surface area contributed by atoms with Crippen LogP contribution in [0.15, 0.2) is 223 Å². The predicted octanol–water partition coefficient (Wildman–Crippen LogP) is 14.9. The summed E-state index contributed by atoms with van der Waals surface area (Å²) in [4.78, 5) is 15.0. The van der Waals surface area contributed by atoms with Gasteiger partial charge in [-0.05, 0) is 75.8 Å². The summed E-state index contributed by atoms with van der Waals surface area (Å²) in [6.07, 6.45) is 0. The standard InChI is InChI=1S/C57H36N4O/c1-5-16-37(17-6-1)41-24-15-25-42(32-41)45-34-51(61-49-27-14-13-26-46(49)47-30-28-43(33-50(47)61)38-18-7-2-8-19-38)54-48-31-29-44(35-52(48)62-53(54)36-45)57-59-55(39-20-9-3-10-21-39)58-56(60-57)40-22-11-4-12-23-40/h1-36H. The number of nitrogens with zero attached hydrogens (tertiary/aromatic N) is 4. The molecule has 0 fully saturated rings. The Bertz CT molecular complexity index is 3560. The number of fused-ring (bicyclic) bond motifs is 6. The first-order chi connectivity index (χ1) is 30.7. The van der Waals surface area contributed by atoms with Gasteiger partial charge in [0, 0.05) is 32.8 Å². The average Bonchev–Trinajstić information content (AvgIpc) is 3.90. The summed E-state index contributed by atoms with van der Waals surface area (Å²) in [6, 6.07) is 76.5. The average molecular weight is 793 g/mol. The fourth-order valence-electron chi connectivity index (χ4n) is 8.85. The zero-order valence-corrected chi connectivity index (χ0v) is 33.5. The first-order valence-electron chi connectivity index (χ1n) is 20.8. The van der Waals surface area contributed by atoms with Crippen LogP contribution in [0.25, 0.3) is 117 Å². The predicted molar refractivity (Wildman–Crippen MR) is 254 cm³/mol. The summed E-state index contributed by atoms with van der Waals surface area (Å²) >= 11 is 0. The molecule has 5 nitrogen and oxygen atoms in total. The summed E-state index contributed by atoms with van der Waals surface area (Å²) in [5.74, 6) is 1.81. The summed E-state index contributed by atoms with van der Waals surface area (Å²) in [6.45, 7) is 0. The minimum Gasteiger partial charge on any atom is -0.456 e. The van der Waals surface area contributed by atoms with Crippen molar-refractivity contribution in [1.29, 1.82) is 0 Å². The topological polar surface area (TPSA) is 56.7 Å².